The van der Waals surface area contributed by atoms with Gasteiger partial charge in [-0.3, -0.25) is 0 Å². The molecule has 2 bridgehead atoms. The van der Waals surface area contributed by atoms with E-state index in [1.807, 2.05) is 0 Å². The highest BCUT2D eigenvalue weighted by Crippen LogP contribution is 2.62. The van der Waals surface area contributed by atoms with Crippen molar-refractivity contribution in [3.63, 3.8) is 0 Å². The van der Waals surface area contributed by atoms with Crippen LogP contribution in [-0.4, -0.2) is 30.0 Å². The molecule has 6 aliphatic rings. The third-order valence-corrected chi connectivity index (χ3v) is 10.9. The summed E-state index contributed by atoms with van der Waals surface area (Å²) in [4.78, 5) is 0. The van der Waals surface area contributed by atoms with E-state index in [9.17, 15) is 0 Å². The van der Waals surface area contributed by atoms with Gasteiger partial charge < -0.3 is 21.5 Å². The standard InChI is InChI=1S/C29H53N3O/c1-19(2)11-20-7-9-28(14-20)15-22(12-21-5-6-26(31)32-18-21)13-23(16-28)29-10-8-24(25(30)17-29)27(3,4)33-29/h19-26,32H,5-18,30-31H2,1-4H3/t20-,21?,22-,23+,24+,25+,26?,28+,29-/m0/s1. The highest BCUT2D eigenvalue weighted by molar-refractivity contribution is 5.11. The van der Waals surface area contributed by atoms with Crippen molar-refractivity contribution in [3.05, 3.63) is 0 Å². The van der Waals surface area contributed by atoms with Crippen molar-refractivity contribution in [2.24, 2.45) is 52.4 Å². The predicted octanol–water partition coefficient (Wildman–Crippen LogP) is 5.58. The zero-order chi connectivity index (χ0) is 23.4. The molecule has 0 aromatic heterocycles. The summed E-state index contributed by atoms with van der Waals surface area (Å²) in [6, 6.07) is 0.320. The molecule has 3 saturated carbocycles. The lowest BCUT2D eigenvalue weighted by Gasteiger charge is -2.62. The van der Waals surface area contributed by atoms with Gasteiger partial charge in [0.1, 0.15) is 0 Å². The van der Waals surface area contributed by atoms with E-state index in [0.29, 0.717) is 23.3 Å². The Morgan fingerprint density at radius 2 is 1.70 bits per heavy atom. The largest absolute Gasteiger partial charge is 0.368 e. The van der Waals surface area contributed by atoms with Gasteiger partial charge in [-0.25, -0.2) is 0 Å². The van der Waals surface area contributed by atoms with Crippen molar-refractivity contribution < 1.29 is 4.74 Å². The topological polar surface area (TPSA) is 73.3 Å². The van der Waals surface area contributed by atoms with E-state index in [2.05, 4.69) is 33.0 Å². The molecule has 6 rings (SSSR count). The summed E-state index contributed by atoms with van der Waals surface area (Å²) in [6.45, 7) is 10.6. The van der Waals surface area contributed by atoms with Crippen LogP contribution in [0.1, 0.15) is 111 Å². The summed E-state index contributed by atoms with van der Waals surface area (Å²) >= 11 is 0. The molecule has 4 nitrogen and oxygen atoms in total. The Morgan fingerprint density at radius 1 is 0.909 bits per heavy atom. The summed E-state index contributed by atoms with van der Waals surface area (Å²) in [5.74, 6) is 4.65. The minimum absolute atomic E-state index is 0.0344. The minimum atomic E-state index is -0.0602. The van der Waals surface area contributed by atoms with Gasteiger partial charge in [0.05, 0.1) is 17.4 Å². The Morgan fingerprint density at radius 3 is 2.36 bits per heavy atom. The van der Waals surface area contributed by atoms with Crippen molar-refractivity contribution in [1.29, 1.82) is 0 Å². The van der Waals surface area contributed by atoms with E-state index < -0.39 is 0 Å². The fraction of sp³-hybridized carbons (Fsp3) is 1.00. The highest BCUT2D eigenvalue weighted by Gasteiger charge is 2.60. The van der Waals surface area contributed by atoms with Crippen LogP contribution in [0.15, 0.2) is 0 Å². The molecule has 3 saturated heterocycles. The lowest BCUT2D eigenvalue weighted by molar-refractivity contribution is -0.273. The van der Waals surface area contributed by atoms with Crippen LogP contribution in [-0.2, 0) is 4.74 Å². The summed E-state index contributed by atoms with van der Waals surface area (Å²) in [5, 5.41) is 3.56. The fourth-order valence-corrected chi connectivity index (χ4v) is 9.81. The van der Waals surface area contributed by atoms with Crippen LogP contribution >= 0.6 is 0 Å². The molecule has 3 heterocycles. The Kier molecular flexibility index (Phi) is 6.73. The van der Waals surface area contributed by atoms with Gasteiger partial charge >= 0.3 is 0 Å². The van der Waals surface area contributed by atoms with Crippen LogP contribution in [0.4, 0.5) is 0 Å². The molecule has 190 valence electrons. The third kappa shape index (κ3) is 4.93. The number of nitrogens with two attached hydrogens (primary N) is 2. The first kappa shape index (κ1) is 24.5. The van der Waals surface area contributed by atoms with Gasteiger partial charge in [0, 0.05) is 12.0 Å². The van der Waals surface area contributed by atoms with Gasteiger partial charge in [-0.2, -0.15) is 0 Å². The van der Waals surface area contributed by atoms with Gasteiger partial charge in [-0.05, 0) is 139 Å². The second-order valence-electron chi connectivity index (χ2n) is 14.4. The Hall–Kier alpha value is -0.160. The average molecular weight is 460 g/mol. The summed E-state index contributed by atoms with van der Waals surface area (Å²) in [6.07, 6.45) is 17.7. The van der Waals surface area contributed by atoms with Gasteiger partial charge in [-0.15, -0.1) is 0 Å². The maximum Gasteiger partial charge on any atom is 0.0733 e. The number of piperidine rings is 1. The molecule has 0 aromatic rings. The van der Waals surface area contributed by atoms with Crippen molar-refractivity contribution in [2.75, 3.05) is 6.54 Å². The molecule has 2 unspecified atom stereocenters. The second kappa shape index (κ2) is 9.05. The first-order chi connectivity index (χ1) is 15.6. The molecule has 9 atom stereocenters. The van der Waals surface area contributed by atoms with E-state index in [1.54, 1.807) is 0 Å². The van der Waals surface area contributed by atoms with Crippen molar-refractivity contribution >= 4 is 0 Å². The van der Waals surface area contributed by atoms with Crippen molar-refractivity contribution in [2.45, 2.75) is 135 Å². The van der Waals surface area contributed by atoms with Gasteiger partial charge in [0.25, 0.3) is 0 Å². The zero-order valence-corrected chi connectivity index (χ0v) is 22.1. The summed E-state index contributed by atoms with van der Waals surface area (Å²) in [7, 11) is 0. The number of hydrogen-bond donors (Lipinski definition) is 3. The van der Waals surface area contributed by atoms with E-state index in [0.717, 1.165) is 43.1 Å². The minimum Gasteiger partial charge on any atom is -0.368 e. The van der Waals surface area contributed by atoms with Crippen molar-refractivity contribution in [1.82, 2.24) is 5.32 Å². The van der Waals surface area contributed by atoms with Crippen LogP contribution in [0.2, 0.25) is 0 Å². The smallest absolute Gasteiger partial charge is 0.0733 e. The average Bonchev–Trinajstić information content (AvgIpc) is 3.09. The number of ether oxygens (including phenoxy) is 1. The van der Waals surface area contributed by atoms with Crippen LogP contribution in [0.25, 0.3) is 0 Å². The summed E-state index contributed by atoms with van der Waals surface area (Å²) in [5.41, 5.74) is 13.5. The number of fused-ring (bicyclic) bond motifs is 3. The third-order valence-electron chi connectivity index (χ3n) is 10.9. The Balaban J connectivity index is 1.36. The first-order valence-corrected chi connectivity index (χ1v) is 14.5. The van der Waals surface area contributed by atoms with Crippen LogP contribution in [0.3, 0.4) is 0 Å². The van der Waals surface area contributed by atoms with Crippen LogP contribution in [0, 0.1) is 40.9 Å². The molecular formula is C29H53N3O. The molecule has 1 spiro atoms. The van der Waals surface area contributed by atoms with Crippen LogP contribution < -0.4 is 16.8 Å². The predicted molar refractivity (Wildman–Crippen MR) is 137 cm³/mol. The molecule has 33 heavy (non-hydrogen) atoms. The molecular weight excluding hydrogens is 406 g/mol. The molecule has 6 fully saturated rings. The highest BCUT2D eigenvalue weighted by atomic mass is 16.5. The molecule has 3 aliphatic heterocycles. The Labute approximate surface area is 203 Å². The lowest BCUT2D eigenvalue weighted by atomic mass is 9.54. The first-order valence-electron chi connectivity index (χ1n) is 14.5. The molecule has 0 aromatic carbocycles. The number of hydrogen-bond acceptors (Lipinski definition) is 4. The molecule has 4 heteroatoms. The normalized spacial score (nSPS) is 49.7. The second-order valence-corrected chi connectivity index (χ2v) is 14.4. The summed E-state index contributed by atoms with van der Waals surface area (Å²) < 4.78 is 7.11. The van der Waals surface area contributed by atoms with Gasteiger partial charge in [-0.1, -0.05) is 13.8 Å². The monoisotopic (exact) mass is 459 g/mol. The fourth-order valence-electron chi connectivity index (χ4n) is 9.81. The van der Waals surface area contributed by atoms with E-state index in [-0.39, 0.29) is 17.4 Å². The molecule has 0 amide bonds. The quantitative estimate of drug-likeness (QED) is 0.501. The van der Waals surface area contributed by atoms with Crippen molar-refractivity contribution in [3.8, 4) is 0 Å². The van der Waals surface area contributed by atoms with Gasteiger partial charge in [0.15, 0.2) is 0 Å². The number of nitrogens with one attached hydrogen (secondary N) is 1. The SMILES string of the molecule is CC(C)C[C@@H]1CC[C@@]2(C1)C[C@@H](CC1CCC(N)NC1)C[C@@H]([C@]13CC[C@H]([C@H](N)C1)C(C)(C)O3)C2. The molecule has 3 aliphatic carbocycles. The maximum absolute atomic E-state index is 7.11. The maximum atomic E-state index is 7.11. The number of rotatable bonds is 5. The van der Waals surface area contributed by atoms with E-state index in [4.69, 9.17) is 16.2 Å². The lowest BCUT2D eigenvalue weighted by Crippen LogP contribution is -2.66. The molecule has 5 N–H and O–H groups in total. The van der Waals surface area contributed by atoms with Gasteiger partial charge in [0.2, 0.25) is 0 Å². The van der Waals surface area contributed by atoms with E-state index >= 15 is 0 Å². The molecule has 0 radical (unpaired) electrons. The van der Waals surface area contributed by atoms with Crippen LogP contribution in [0.5, 0.6) is 0 Å². The van der Waals surface area contributed by atoms with E-state index in [1.165, 1.54) is 70.6 Å². The Bertz CT molecular complexity index is 686. The zero-order valence-electron chi connectivity index (χ0n) is 22.1.